The second-order valence-corrected chi connectivity index (χ2v) is 4.17. The average Bonchev–Trinajstić information content (AvgIpc) is 2.62. The first-order chi connectivity index (χ1) is 8.00. The van der Waals surface area contributed by atoms with Crippen LogP contribution in [0.15, 0.2) is 0 Å². The van der Waals surface area contributed by atoms with E-state index in [4.69, 9.17) is 16.3 Å². The molecule has 0 aromatic rings. The molecule has 3 N–H and O–H groups in total. The lowest BCUT2D eigenvalue weighted by atomic mass is 9.85. The maximum Gasteiger partial charge on any atom is 0.313 e. The van der Waals surface area contributed by atoms with Crippen molar-refractivity contribution in [2.45, 2.75) is 13.0 Å². The van der Waals surface area contributed by atoms with Crippen LogP contribution in [0.1, 0.15) is 6.92 Å². The fourth-order valence-corrected chi connectivity index (χ4v) is 1.58. The van der Waals surface area contributed by atoms with Crippen molar-refractivity contribution in [2.24, 2.45) is 5.41 Å². The van der Waals surface area contributed by atoms with Crippen LogP contribution in [0.3, 0.4) is 0 Å². The van der Waals surface area contributed by atoms with Crippen LogP contribution in [0.5, 0.6) is 0 Å². The number of carboxylic acids is 1. The zero-order valence-corrected chi connectivity index (χ0v) is 9.66. The number of terminal acetylenes is 1. The van der Waals surface area contributed by atoms with Gasteiger partial charge in [-0.3, -0.25) is 14.9 Å². The number of hydrogen-bond donors (Lipinski definition) is 3. The quantitative estimate of drug-likeness (QED) is 0.416. The molecule has 0 saturated carbocycles. The molecule has 6 heteroatoms. The van der Waals surface area contributed by atoms with Gasteiger partial charge >= 0.3 is 5.97 Å². The Morgan fingerprint density at radius 3 is 2.94 bits per heavy atom. The van der Waals surface area contributed by atoms with Gasteiger partial charge < -0.3 is 15.2 Å². The van der Waals surface area contributed by atoms with Gasteiger partial charge in [0.15, 0.2) is 0 Å². The first kappa shape index (κ1) is 13.5. The molecule has 17 heavy (non-hydrogen) atoms. The molecule has 1 fully saturated rings. The minimum absolute atomic E-state index is 0.0659. The van der Waals surface area contributed by atoms with E-state index in [9.17, 15) is 9.59 Å². The number of ether oxygens (including phenoxy) is 1. The minimum atomic E-state index is -1.07. The molecule has 0 aromatic carbocycles. The van der Waals surface area contributed by atoms with Gasteiger partial charge in [0.2, 0.25) is 5.91 Å². The van der Waals surface area contributed by atoms with Crippen molar-refractivity contribution in [1.29, 1.82) is 0 Å². The topological polar surface area (TPSA) is 87.7 Å². The van der Waals surface area contributed by atoms with E-state index in [0.29, 0.717) is 6.54 Å². The van der Waals surface area contributed by atoms with E-state index in [-0.39, 0.29) is 25.7 Å². The van der Waals surface area contributed by atoms with Gasteiger partial charge in [0, 0.05) is 0 Å². The summed E-state index contributed by atoms with van der Waals surface area (Å²) in [7, 11) is 0. The maximum absolute atomic E-state index is 11.5. The van der Waals surface area contributed by atoms with Crippen LogP contribution in [0.2, 0.25) is 0 Å². The lowest BCUT2D eigenvalue weighted by Crippen LogP contribution is -2.51. The zero-order chi connectivity index (χ0) is 12.9. The number of aliphatic carboxylic acids is 1. The molecule has 1 heterocycles. The van der Waals surface area contributed by atoms with Crippen molar-refractivity contribution in [1.82, 2.24) is 10.6 Å². The van der Waals surface area contributed by atoms with Crippen LogP contribution in [-0.4, -0.2) is 49.3 Å². The molecule has 2 unspecified atom stereocenters. The standard InChI is InChI=1S/C11H16N2O4/c1-3-4-12-5-9(14)13-8-6-17-7-11(8,2)10(15)16/h1,8,12H,4-7H2,2H3,(H,13,14)(H,15,16). The van der Waals surface area contributed by atoms with Gasteiger partial charge in [-0.25, -0.2) is 0 Å². The van der Waals surface area contributed by atoms with Crippen LogP contribution in [-0.2, 0) is 14.3 Å². The Bertz CT molecular complexity index is 350. The highest BCUT2D eigenvalue weighted by molar-refractivity contribution is 5.81. The first-order valence-electron chi connectivity index (χ1n) is 5.25. The molecular formula is C11H16N2O4. The van der Waals surface area contributed by atoms with Crippen LogP contribution < -0.4 is 10.6 Å². The fourth-order valence-electron chi connectivity index (χ4n) is 1.58. The highest BCUT2D eigenvalue weighted by atomic mass is 16.5. The van der Waals surface area contributed by atoms with E-state index in [1.54, 1.807) is 6.92 Å². The third-order valence-electron chi connectivity index (χ3n) is 2.79. The van der Waals surface area contributed by atoms with Crippen LogP contribution >= 0.6 is 0 Å². The normalized spacial score (nSPS) is 27.4. The molecule has 1 rings (SSSR count). The highest BCUT2D eigenvalue weighted by Gasteiger charge is 2.47. The van der Waals surface area contributed by atoms with Gasteiger partial charge in [0.25, 0.3) is 0 Å². The van der Waals surface area contributed by atoms with Crippen molar-refractivity contribution in [3.8, 4) is 12.3 Å². The summed E-state index contributed by atoms with van der Waals surface area (Å²) in [5, 5.41) is 14.5. The van der Waals surface area contributed by atoms with Crippen molar-refractivity contribution in [3.05, 3.63) is 0 Å². The molecule has 1 aliphatic heterocycles. The summed E-state index contributed by atoms with van der Waals surface area (Å²) in [4.78, 5) is 22.6. The van der Waals surface area contributed by atoms with E-state index < -0.39 is 17.4 Å². The van der Waals surface area contributed by atoms with Crippen LogP contribution in [0.4, 0.5) is 0 Å². The molecule has 6 nitrogen and oxygen atoms in total. The summed E-state index contributed by atoms with van der Waals surface area (Å²) in [6.07, 6.45) is 5.02. The molecule has 1 aliphatic rings. The maximum atomic E-state index is 11.5. The number of carbonyl (C=O) groups is 2. The lowest BCUT2D eigenvalue weighted by Gasteiger charge is -2.25. The molecule has 0 aliphatic carbocycles. The Balaban J connectivity index is 2.48. The smallest absolute Gasteiger partial charge is 0.313 e. The minimum Gasteiger partial charge on any atom is -0.481 e. The van der Waals surface area contributed by atoms with Crippen molar-refractivity contribution in [3.63, 3.8) is 0 Å². The molecule has 1 saturated heterocycles. The van der Waals surface area contributed by atoms with Crippen molar-refractivity contribution in [2.75, 3.05) is 26.3 Å². The SMILES string of the molecule is C#CCNCC(=O)NC1COCC1(C)C(=O)O. The summed E-state index contributed by atoms with van der Waals surface area (Å²) < 4.78 is 5.11. The second kappa shape index (κ2) is 5.66. The Kier molecular flexibility index (Phi) is 4.49. The number of hydrogen-bond acceptors (Lipinski definition) is 4. The summed E-state index contributed by atoms with van der Waals surface area (Å²) in [5.74, 6) is 1.08. The number of amides is 1. The van der Waals surface area contributed by atoms with Gasteiger partial charge in [-0.15, -0.1) is 6.42 Å². The molecule has 0 spiro atoms. The lowest BCUT2D eigenvalue weighted by molar-refractivity contribution is -0.149. The molecule has 0 bridgehead atoms. The monoisotopic (exact) mass is 240 g/mol. The largest absolute Gasteiger partial charge is 0.481 e. The van der Waals surface area contributed by atoms with Gasteiger partial charge in [-0.2, -0.15) is 0 Å². The van der Waals surface area contributed by atoms with Crippen LogP contribution in [0, 0.1) is 17.8 Å². The molecular weight excluding hydrogens is 224 g/mol. The van der Waals surface area contributed by atoms with Gasteiger partial charge in [-0.05, 0) is 6.92 Å². The van der Waals surface area contributed by atoms with Gasteiger partial charge in [0.05, 0.1) is 32.3 Å². The summed E-state index contributed by atoms with van der Waals surface area (Å²) in [6, 6.07) is -0.514. The van der Waals surface area contributed by atoms with E-state index >= 15 is 0 Å². The Morgan fingerprint density at radius 1 is 1.65 bits per heavy atom. The summed E-state index contributed by atoms with van der Waals surface area (Å²) in [5.41, 5.74) is -1.07. The number of rotatable bonds is 5. The Hall–Kier alpha value is -1.58. The van der Waals surface area contributed by atoms with E-state index in [2.05, 4.69) is 16.6 Å². The fraction of sp³-hybridized carbons (Fsp3) is 0.636. The number of carbonyl (C=O) groups excluding carboxylic acids is 1. The molecule has 0 aromatic heterocycles. The second-order valence-electron chi connectivity index (χ2n) is 4.17. The Labute approximate surface area is 99.7 Å². The van der Waals surface area contributed by atoms with Gasteiger partial charge in [-0.1, -0.05) is 5.92 Å². The summed E-state index contributed by atoms with van der Waals surface area (Å²) >= 11 is 0. The van der Waals surface area contributed by atoms with Crippen LogP contribution in [0.25, 0.3) is 0 Å². The average molecular weight is 240 g/mol. The van der Waals surface area contributed by atoms with Crippen molar-refractivity contribution < 1.29 is 19.4 Å². The molecule has 1 amide bonds. The predicted molar refractivity (Wildman–Crippen MR) is 60.2 cm³/mol. The third-order valence-corrected chi connectivity index (χ3v) is 2.79. The third kappa shape index (κ3) is 3.19. The van der Waals surface area contributed by atoms with E-state index in [1.807, 2.05) is 0 Å². The Morgan fingerprint density at radius 2 is 2.35 bits per heavy atom. The first-order valence-corrected chi connectivity index (χ1v) is 5.25. The molecule has 0 radical (unpaired) electrons. The molecule has 94 valence electrons. The summed E-state index contributed by atoms with van der Waals surface area (Å²) in [6.45, 7) is 2.23. The molecule has 2 atom stereocenters. The number of nitrogens with one attached hydrogen (secondary N) is 2. The van der Waals surface area contributed by atoms with E-state index in [0.717, 1.165) is 0 Å². The predicted octanol–water partition coefficient (Wildman–Crippen LogP) is -1.18. The van der Waals surface area contributed by atoms with Gasteiger partial charge in [0.1, 0.15) is 5.41 Å². The van der Waals surface area contributed by atoms with E-state index in [1.165, 1.54) is 0 Å². The zero-order valence-electron chi connectivity index (χ0n) is 9.66. The highest BCUT2D eigenvalue weighted by Crippen LogP contribution is 2.28. The van der Waals surface area contributed by atoms with Crippen molar-refractivity contribution >= 4 is 11.9 Å². The number of carboxylic acid groups (broad SMARTS) is 1.